The van der Waals surface area contributed by atoms with Crippen LogP contribution in [0.1, 0.15) is 11.1 Å². The van der Waals surface area contributed by atoms with Gasteiger partial charge in [0.2, 0.25) is 0 Å². The normalized spacial score (nSPS) is 9.75. The number of aromatic amines is 1. The van der Waals surface area contributed by atoms with Crippen molar-refractivity contribution in [3.05, 3.63) is 46.7 Å². The van der Waals surface area contributed by atoms with E-state index in [1.807, 2.05) is 18.3 Å². The van der Waals surface area contributed by atoms with Crippen molar-refractivity contribution >= 4 is 17.3 Å². The van der Waals surface area contributed by atoms with Gasteiger partial charge in [-0.05, 0) is 18.2 Å². The number of aromatic nitrogens is 2. The van der Waals surface area contributed by atoms with Crippen molar-refractivity contribution < 1.29 is 0 Å². The van der Waals surface area contributed by atoms with Gasteiger partial charge in [-0.1, -0.05) is 11.6 Å². The number of nitriles is 1. The first-order valence-electron chi connectivity index (χ1n) is 4.71. The Hall–Kier alpha value is -1.99. The molecule has 0 saturated carbocycles. The Morgan fingerprint density at radius 3 is 3.00 bits per heavy atom. The minimum Gasteiger partial charge on any atom is -0.381 e. The number of rotatable bonds is 3. The number of anilines is 1. The van der Waals surface area contributed by atoms with Crippen LogP contribution in [0.2, 0.25) is 5.02 Å². The first kappa shape index (κ1) is 10.5. The van der Waals surface area contributed by atoms with Gasteiger partial charge in [-0.15, -0.1) is 0 Å². The molecule has 0 saturated heterocycles. The van der Waals surface area contributed by atoms with Crippen LogP contribution >= 0.6 is 11.6 Å². The average Bonchev–Trinajstić information content (AvgIpc) is 2.79. The lowest BCUT2D eigenvalue weighted by molar-refractivity contribution is 1.09. The van der Waals surface area contributed by atoms with Crippen LogP contribution in [-0.2, 0) is 6.54 Å². The Bertz CT molecular complexity index is 513. The largest absolute Gasteiger partial charge is 0.381 e. The van der Waals surface area contributed by atoms with Crippen LogP contribution in [0.3, 0.4) is 0 Å². The van der Waals surface area contributed by atoms with Gasteiger partial charge in [-0.3, -0.25) is 5.10 Å². The molecule has 0 aliphatic rings. The molecule has 2 rings (SSSR count). The number of nitrogens with zero attached hydrogens (tertiary/aromatic N) is 2. The van der Waals surface area contributed by atoms with Crippen molar-refractivity contribution in [1.29, 1.82) is 5.26 Å². The SMILES string of the molecule is N#Cc1ccc(NCc2cn[nH]c2)cc1Cl. The standard InChI is InChI=1S/C11H9ClN4/c12-11-3-10(2-1-9(11)4-13)14-5-8-6-15-16-7-8/h1-3,6-7,14H,5H2,(H,15,16). The van der Waals surface area contributed by atoms with Crippen LogP contribution in [0.5, 0.6) is 0 Å². The molecule has 0 bridgehead atoms. The molecule has 1 aromatic carbocycles. The fraction of sp³-hybridized carbons (Fsp3) is 0.0909. The highest BCUT2D eigenvalue weighted by Gasteiger charge is 2.01. The first-order chi connectivity index (χ1) is 7.79. The highest BCUT2D eigenvalue weighted by molar-refractivity contribution is 6.32. The molecule has 0 radical (unpaired) electrons. The molecule has 2 N–H and O–H groups in total. The van der Waals surface area contributed by atoms with E-state index in [9.17, 15) is 0 Å². The van der Waals surface area contributed by atoms with E-state index in [0.717, 1.165) is 11.3 Å². The van der Waals surface area contributed by atoms with Gasteiger partial charge in [0.05, 0.1) is 16.8 Å². The highest BCUT2D eigenvalue weighted by atomic mass is 35.5. The fourth-order valence-corrected chi connectivity index (χ4v) is 1.52. The van der Waals surface area contributed by atoms with Crippen LogP contribution in [0.15, 0.2) is 30.6 Å². The van der Waals surface area contributed by atoms with Crippen LogP contribution in [-0.4, -0.2) is 10.2 Å². The van der Waals surface area contributed by atoms with Crippen LogP contribution < -0.4 is 5.32 Å². The van der Waals surface area contributed by atoms with E-state index in [4.69, 9.17) is 16.9 Å². The summed E-state index contributed by atoms with van der Waals surface area (Å²) in [7, 11) is 0. The van der Waals surface area contributed by atoms with Gasteiger partial charge < -0.3 is 5.32 Å². The Morgan fingerprint density at radius 2 is 2.38 bits per heavy atom. The lowest BCUT2D eigenvalue weighted by Gasteiger charge is -2.05. The van der Waals surface area contributed by atoms with Crippen molar-refractivity contribution in [2.75, 3.05) is 5.32 Å². The number of nitrogens with one attached hydrogen (secondary N) is 2. The van der Waals surface area contributed by atoms with Crippen LogP contribution in [0.4, 0.5) is 5.69 Å². The molecule has 0 aliphatic heterocycles. The molecule has 2 aromatic rings. The van der Waals surface area contributed by atoms with Crippen molar-refractivity contribution in [3.8, 4) is 6.07 Å². The van der Waals surface area contributed by atoms with Crippen LogP contribution in [0, 0.1) is 11.3 Å². The molecule has 0 amide bonds. The predicted molar refractivity (Wildman–Crippen MR) is 62.1 cm³/mol. The number of hydrogen-bond donors (Lipinski definition) is 2. The Labute approximate surface area is 97.9 Å². The maximum absolute atomic E-state index is 8.72. The van der Waals surface area contributed by atoms with Crippen LogP contribution in [0.25, 0.3) is 0 Å². The lowest BCUT2D eigenvalue weighted by Crippen LogP contribution is -1.98. The van der Waals surface area contributed by atoms with Gasteiger partial charge in [0.1, 0.15) is 6.07 Å². The summed E-state index contributed by atoms with van der Waals surface area (Å²) in [4.78, 5) is 0. The van der Waals surface area contributed by atoms with Crippen molar-refractivity contribution in [2.45, 2.75) is 6.54 Å². The average molecular weight is 233 g/mol. The van der Waals surface area contributed by atoms with E-state index in [1.165, 1.54) is 0 Å². The minimum absolute atomic E-state index is 0.458. The Kier molecular flexibility index (Phi) is 3.08. The summed E-state index contributed by atoms with van der Waals surface area (Å²) in [5.74, 6) is 0. The zero-order chi connectivity index (χ0) is 11.4. The fourth-order valence-electron chi connectivity index (χ4n) is 1.29. The molecule has 0 atom stereocenters. The summed E-state index contributed by atoms with van der Waals surface area (Å²) in [6.07, 6.45) is 3.57. The van der Waals surface area contributed by atoms with Gasteiger partial charge in [0, 0.05) is 24.0 Å². The predicted octanol–water partition coefficient (Wildman–Crippen LogP) is 2.55. The molecule has 1 aromatic heterocycles. The van der Waals surface area contributed by atoms with Gasteiger partial charge in [-0.25, -0.2) is 0 Å². The zero-order valence-electron chi connectivity index (χ0n) is 8.37. The number of hydrogen-bond acceptors (Lipinski definition) is 3. The van der Waals surface area contributed by atoms with E-state index in [0.29, 0.717) is 17.1 Å². The molecule has 0 spiro atoms. The third-order valence-electron chi connectivity index (χ3n) is 2.14. The third kappa shape index (κ3) is 2.33. The van der Waals surface area contributed by atoms with E-state index >= 15 is 0 Å². The monoisotopic (exact) mass is 232 g/mol. The number of H-pyrrole nitrogens is 1. The second-order valence-corrected chi connectivity index (χ2v) is 3.67. The molecule has 16 heavy (non-hydrogen) atoms. The summed E-state index contributed by atoms with van der Waals surface area (Å²) < 4.78 is 0. The molecule has 5 heteroatoms. The van der Waals surface area contributed by atoms with Gasteiger partial charge in [0.15, 0.2) is 0 Å². The second-order valence-electron chi connectivity index (χ2n) is 3.27. The van der Waals surface area contributed by atoms with E-state index < -0.39 is 0 Å². The molecule has 1 heterocycles. The van der Waals surface area contributed by atoms with E-state index in [-0.39, 0.29) is 0 Å². The number of halogens is 1. The zero-order valence-corrected chi connectivity index (χ0v) is 9.12. The van der Waals surface area contributed by atoms with Crippen molar-refractivity contribution in [2.24, 2.45) is 0 Å². The molecule has 4 nitrogen and oxygen atoms in total. The van der Waals surface area contributed by atoms with E-state index in [1.54, 1.807) is 18.3 Å². The first-order valence-corrected chi connectivity index (χ1v) is 5.08. The summed E-state index contributed by atoms with van der Waals surface area (Å²) in [6, 6.07) is 7.27. The summed E-state index contributed by atoms with van der Waals surface area (Å²) in [6.45, 7) is 0.665. The third-order valence-corrected chi connectivity index (χ3v) is 2.45. The van der Waals surface area contributed by atoms with Crippen molar-refractivity contribution in [1.82, 2.24) is 10.2 Å². The summed E-state index contributed by atoms with van der Waals surface area (Å²) in [5, 5.41) is 18.9. The smallest absolute Gasteiger partial charge is 0.101 e. The molecular weight excluding hydrogens is 224 g/mol. The summed E-state index contributed by atoms with van der Waals surface area (Å²) in [5.41, 5.74) is 2.42. The Morgan fingerprint density at radius 1 is 1.50 bits per heavy atom. The van der Waals surface area contributed by atoms with Gasteiger partial charge in [-0.2, -0.15) is 10.4 Å². The second kappa shape index (κ2) is 4.69. The summed E-state index contributed by atoms with van der Waals surface area (Å²) >= 11 is 5.91. The molecule has 0 unspecified atom stereocenters. The van der Waals surface area contributed by atoms with Gasteiger partial charge in [0.25, 0.3) is 0 Å². The number of benzene rings is 1. The Balaban J connectivity index is 2.06. The lowest BCUT2D eigenvalue weighted by atomic mass is 10.2. The molecule has 0 fully saturated rings. The maximum Gasteiger partial charge on any atom is 0.101 e. The topological polar surface area (TPSA) is 64.5 Å². The van der Waals surface area contributed by atoms with Crippen molar-refractivity contribution in [3.63, 3.8) is 0 Å². The molecule has 0 aliphatic carbocycles. The maximum atomic E-state index is 8.72. The minimum atomic E-state index is 0.458. The molecule has 80 valence electrons. The molecular formula is C11H9ClN4. The van der Waals surface area contributed by atoms with E-state index in [2.05, 4.69) is 15.5 Å². The highest BCUT2D eigenvalue weighted by Crippen LogP contribution is 2.20. The quantitative estimate of drug-likeness (QED) is 0.855. The van der Waals surface area contributed by atoms with Gasteiger partial charge >= 0.3 is 0 Å².